The number of nitrogens with one attached hydrogen (secondary N) is 2. The average Bonchev–Trinajstić information content (AvgIpc) is 2.60. The normalized spacial score (nSPS) is 17.9. The Morgan fingerprint density at radius 2 is 2.04 bits per heavy atom. The molecule has 0 radical (unpaired) electrons. The molecule has 2 heterocycles. The topological polar surface area (TPSA) is 69.6 Å². The molecule has 0 aliphatic carbocycles. The summed E-state index contributed by atoms with van der Waals surface area (Å²) in [6, 6.07) is 6.57. The number of rotatable bonds is 5. The summed E-state index contributed by atoms with van der Waals surface area (Å²) in [6.45, 7) is 10.7. The molecule has 7 heteroatoms. The molecule has 0 spiro atoms. The number of hydrogen-bond donors (Lipinski definition) is 2. The first kappa shape index (κ1) is 20.7. The summed E-state index contributed by atoms with van der Waals surface area (Å²) < 4.78 is 11.9. The van der Waals surface area contributed by atoms with Gasteiger partial charge in [0.1, 0.15) is 5.82 Å². The molecular weight excluding hydrogens is 346 g/mol. The van der Waals surface area contributed by atoms with Crippen molar-refractivity contribution in [1.29, 1.82) is 0 Å². The second kappa shape index (κ2) is 9.35. The van der Waals surface area contributed by atoms with Crippen LogP contribution in [-0.2, 0) is 10.8 Å². The molecule has 0 amide bonds. The molecular formula is C19H33N5OS. The van der Waals surface area contributed by atoms with Crippen LogP contribution in [0.3, 0.4) is 0 Å². The van der Waals surface area contributed by atoms with Gasteiger partial charge >= 0.3 is 0 Å². The van der Waals surface area contributed by atoms with Crippen LogP contribution in [-0.4, -0.2) is 58.4 Å². The van der Waals surface area contributed by atoms with Crippen LogP contribution < -0.4 is 15.5 Å². The van der Waals surface area contributed by atoms with Crippen LogP contribution in [0.4, 0.5) is 5.82 Å². The van der Waals surface area contributed by atoms with Gasteiger partial charge in [-0.1, -0.05) is 6.07 Å². The van der Waals surface area contributed by atoms with Crippen molar-refractivity contribution in [3.63, 3.8) is 0 Å². The van der Waals surface area contributed by atoms with Crippen molar-refractivity contribution in [1.82, 2.24) is 15.6 Å². The summed E-state index contributed by atoms with van der Waals surface area (Å²) in [6.07, 6.45) is 2.09. The number of pyridine rings is 1. The number of aromatic nitrogens is 1. The molecule has 1 aromatic heterocycles. The van der Waals surface area contributed by atoms with E-state index in [1.54, 1.807) is 7.05 Å². The highest BCUT2D eigenvalue weighted by Gasteiger charge is 2.22. The number of aliphatic imine (C=N–C) groups is 1. The van der Waals surface area contributed by atoms with E-state index in [0.717, 1.165) is 43.4 Å². The molecule has 0 bridgehead atoms. The highest BCUT2D eigenvalue weighted by Crippen LogP contribution is 2.18. The molecule has 1 saturated heterocycles. The summed E-state index contributed by atoms with van der Waals surface area (Å²) in [5, 5.41) is 6.78. The molecule has 1 aliphatic rings. The van der Waals surface area contributed by atoms with Crippen molar-refractivity contribution in [3.8, 4) is 0 Å². The van der Waals surface area contributed by atoms with Crippen molar-refractivity contribution in [2.24, 2.45) is 4.99 Å². The first-order valence-electron chi connectivity index (χ1n) is 9.34. The maximum Gasteiger partial charge on any atom is 0.191 e. The fourth-order valence-corrected chi connectivity index (χ4v) is 3.81. The van der Waals surface area contributed by atoms with Gasteiger partial charge < -0.3 is 15.5 Å². The Kier molecular flexibility index (Phi) is 7.43. The van der Waals surface area contributed by atoms with Crippen LogP contribution in [0.5, 0.6) is 0 Å². The zero-order chi connectivity index (χ0) is 19.2. The fraction of sp³-hybridized carbons (Fsp3) is 0.684. The van der Waals surface area contributed by atoms with E-state index in [2.05, 4.69) is 37.6 Å². The lowest BCUT2D eigenvalue weighted by Crippen LogP contribution is -2.49. The van der Waals surface area contributed by atoms with Crippen molar-refractivity contribution in [3.05, 3.63) is 23.9 Å². The molecule has 0 saturated carbocycles. The standard InChI is InChI=1S/C19H33N5OS/c1-15-7-6-8-17(22-15)24-12-9-16(10-13-24)23-18(20-5)21-11-14-26(25)19(2,3)4/h6-8,16H,9-14H2,1-5H3,(H2,20,21,23). The summed E-state index contributed by atoms with van der Waals surface area (Å²) in [5.74, 6) is 2.49. The van der Waals surface area contributed by atoms with Gasteiger partial charge in [0.25, 0.3) is 0 Å². The number of nitrogens with zero attached hydrogens (tertiary/aromatic N) is 3. The average molecular weight is 380 g/mol. The Morgan fingerprint density at radius 1 is 1.35 bits per heavy atom. The molecule has 0 aromatic carbocycles. The smallest absolute Gasteiger partial charge is 0.191 e. The third-order valence-corrected chi connectivity index (χ3v) is 6.46. The van der Waals surface area contributed by atoms with Crippen LogP contribution in [0.25, 0.3) is 0 Å². The van der Waals surface area contributed by atoms with Crippen LogP contribution in [0.2, 0.25) is 0 Å². The number of hydrogen-bond acceptors (Lipinski definition) is 4. The summed E-state index contributed by atoms with van der Waals surface area (Å²) in [7, 11) is 0.930. The largest absolute Gasteiger partial charge is 0.356 e. The highest BCUT2D eigenvalue weighted by atomic mass is 32.2. The first-order valence-corrected chi connectivity index (χ1v) is 10.7. The maximum atomic E-state index is 12.1. The van der Waals surface area contributed by atoms with Gasteiger partial charge in [0.2, 0.25) is 0 Å². The lowest BCUT2D eigenvalue weighted by Gasteiger charge is -2.34. The third kappa shape index (κ3) is 6.27. The minimum Gasteiger partial charge on any atom is -0.356 e. The van der Waals surface area contributed by atoms with Crippen molar-refractivity contribution < 1.29 is 4.21 Å². The lowest BCUT2D eigenvalue weighted by molar-refractivity contribution is 0.460. The second-order valence-electron chi connectivity index (χ2n) is 7.70. The van der Waals surface area contributed by atoms with Crippen LogP contribution >= 0.6 is 0 Å². The Morgan fingerprint density at radius 3 is 2.62 bits per heavy atom. The van der Waals surface area contributed by atoms with Gasteiger partial charge in [0.15, 0.2) is 5.96 Å². The van der Waals surface area contributed by atoms with Crippen molar-refractivity contribution in [2.45, 2.75) is 51.3 Å². The minimum atomic E-state index is -0.849. The van der Waals surface area contributed by atoms with Crippen LogP contribution in [0.15, 0.2) is 23.2 Å². The van der Waals surface area contributed by atoms with E-state index >= 15 is 0 Å². The molecule has 1 aliphatic heterocycles. The Balaban J connectivity index is 1.76. The van der Waals surface area contributed by atoms with Crippen molar-refractivity contribution in [2.75, 3.05) is 37.3 Å². The van der Waals surface area contributed by atoms with Crippen molar-refractivity contribution >= 4 is 22.6 Å². The monoisotopic (exact) mass is 379 g/mol. The van der Waals surface area contributed by atoms with E-state index in [1.165, 1.54) is 0 Å². The lowest BCUT2D eigenvalue weighted by atomic mass is 10.1. The van der Waals surface area contributed by atoms with E-state index in [0.29, 0.717) is 18.3 Å². The van der Waals surface area contributed by atoms with E-state index < -0.39 is 10.8 Å². The van der Waals surface area contributed by atoms with Crippen LogP contribution in [0.1, 0.15) is 39.3 Å². The maximum absolute atomic E-state index is 12.1. The zero-order valence-corrected chi connectivity index (χ0v) is 17.5. The predicted octanol–water partition coefficient (Wildman–Crippen LogP) is 2.07. The van der Waals surface area contributed by atoms with Gasteiger partial charge in [-0.15, -0.1) is 0 Å². The molecule has 6 nitrogen and oxygen atoms in total. The van der Waals surface area contributed by atoms with Gasteiger partial charge in [-0.25, -0.2) is 4.98 Å². The quantitative estimate of drug-likeness (QED) is 0.605. The van der Waals surface area contributed by atoms with Gasteiger partial charge in [0, 0.05) is 59.7 Å². The number of piperidine rings is 1. The second-order valence-corrected chi connectivity index (χ2v) is 10.0. The highest BCUT2D eigenvalue weighted by molar-refractivity contribution is 7.86. The minimum absolute atomic E-state index is 0.171. The summed E-state index contributed by atoms with van der Waals surface area (Å²) >= 11 is 0. The Hall–Kier alpha value is -1.63. The fourth-order valence-electron chi connectivity index (χ4n) is 2.91. The molecule has 1 fully saturated rings. The SMILES string of the molecule is CN=C(NCCS(=O)C(C)(C)C)NC1CCN(c2cccc(C)n2)CC1. The van der Waals surface area contributed by atoms with Gasteiger partial charge in [-0.3, -0.25) is 9.20 Å². The zero-order valence-electron chi connectivity index (χ0n) is 16.7. The molecule has 2 rings (SSSR count). The van der Waals surface area contributed by atoms with Gasteiger partial charge in [-0.05, 0) is 52.7 Å². The van der Waals surface area contributed by atoms with Crippen LogP contribution in [0, 0.1) is 6.92 Å². The number of anilines is 1. The molecule has 1 unspecified atom stereocenters. The van der Waals surface area contributed by atoms with E-state index in [4.69, 9.17) is 0 Å². The number of aryl methyl sites for hydroxylation is 1. The Bertz CT molecular complexity index is 633. The first-order chi connectivity index (χ1) is 12.3. The molecule has 146 valence electrons. The van der Waals surface area contributed by atoms with Gasteiger partial charge in [-0.2, -0.15) is 0 Å². The predicted molar refractivity (Wildman–Crippen MR) is 111 cm³/mol. The summed E-state index contributed by atoms with van der Waals surface area (Å²) in [4.78, 5) is 11.3. The van der Waals surface area contributed by atoms with E-state index in [-0.39, 0.29) is 4.75 Å². The number of guanidine groups is 1. The Labute approximate surface area is 160 Å². The molecule has 1 atom stereocenters. The molecule has 1 aromatic rings. The third-order valence-electron chi connectivity index (χ3n) is 4.52. The molecule has 26 heavy (non-hydrogen) atoms. The van der Waals surface area contributed by atoms with Gasteiger partial charge in [0.05, 0.1) is 0 Å². The van der Waals surface area contributed by atoms with E-state index in [1.807, 2.05) is 33.8 Å². The molecule has 2 N–H and O–H groups in total. The summed E-state index contributed by atoms with van der Waals surface area (Å²) in [5.41, 5.74) is 1.06. The van der Waals surface area contributed by atoms with E-state index in [9.17, 15) is 4.21 Å².